The molecule has 23 heavy (non-hydrogen) atoms. The predicted octanol–water partition coefficient (Wildman–Crippen LogP) is 2.04. The third-order valence-electron chi connectivity index (χ3n) is 4.38. The zero-order valence-corrected chi connectivity index (χ0v) is 12.9. The molecule has 1 aliphatic carbocycles. The maximum Gasteiger partial charge on any atom is 0.248 e. The van der Waals surface area contributed by atoms with Gasteiger partial charge in [-0.25, -0.2) is 0 Å². The normalized spacial score (nSPS) is 22.3. The second kappa shape index (κ2) is 4.65. The summed E-state index contributed by atoms with van der Waals surface area (Å²) in [5, 5.41) is 24.8. The van der Waals surface area contributed by atoms with E-state index < -0.39 is 6.04 Å². The number of rotatable bonds is 1. The van der Waals surface area contributed by atoms with E-state index in [-0.39, 0.29) is 16.9 Å². The molecule has 1 atom stereocenters. The van der Waals surface area contributed by atoms with E-state index in [4.69, 9.17) is 0 Å². The third-order valence-corrected chi connectivity index (χ3v) is 4.38. The van der Waals surface area contributed by atoms with Crippen molar-refractivity contribution < 1.29 is 9.90 Å². The average Bonchev–Trinajstić information content (AvgIpc) is 2.91. The van der Waals surface area contributed by atoms with Crippen molar-refractivity contribution in [2.75, 3.05) is 5.32 Å². The van der Waals surface area contributed by atoms with Crippen molar-refractivity contribution in [3.63, 3.8) is 0 Å². The summed E-state index contributed by atoms with van der Waals surface area (Å²) in [5.74, 6) is 0.766. The number of hydrogen-bond donors (Lipinski definition) is 2. The van der Waals surface area contributed by atoms with Gasteiger partial charge in [0.15, 0.2) is 5.78 Å². The summed E-state index contributed by atoms with van der Waals surface area (Å²) >= 11 is 0. The van der Waals surface area contributed by atoms with Crippen molar-refractivity contribution in [1.29, 1.82) is 0 Å². The average molecular weight is 311 g/mol. The molecule has 2 N–H and O–H groups in total. The minimum absolute atomic E-state index is 0.0953. The maximum absolute atomic E-state index is 12.8. The highest BCUT2D eigenvalue weighted by Gasteiger charge is 2.41. The van der Waals surface area contributed by atoms with E-state index in [1.807, 2.05) is 6.07 Å². The summed E-state index contributed by atoms with van der Waals surface area (Å²) in [4.78, 5) is 12.8. The van der Waals surface area contributed by atoms with Crippen LogP contribution in [0.5, 0.6) is 5.75 Å². The van der Waals surface area contributed by atoms with Gasteiger partial charge in [0, 0.05) is 17.7 Å². The molecule has 7 nitrogen and oxygen atoms in total. The molecule has 0 bridgehead atoms. The number of hydrogen-bond acceptors (Lipinski definition) is 6. The van der Waals surface area contributed by atoms with Crippen LogP contribution in [0.4, 0.5) is 5.95 Å². The SMILES string of the molecule is CC1(C)CC(=O)C2=C(C1)Nc1nnnn1[C@@H]2c1cccc(O)c1. The van der Waals surface area contributed by atoms with E-state index in [2.05, 4.69) is 34.7 Å². The number of benzene rings is 1. The fourth-order valence-corrected chi connectivity index (χ4v) is 3.47. The lowest BCUT2D eigenvalue weighted by atomic mass is 9.73. The van der Waals surface area contributed by atoms with Crippen LogP contribution < -0.4 is 5.32 Å². The van der Waals surface area contributed by atoms with Crippen molar-refractivity contribution in [3.05, 3.63) is 41.1 Å². The van der Waals surface area contributed by atoms with E-state index in [9.17, 15) is 9.90 Å². The molecule has 118 valence electrons. The highest BCUT2D eigenvalue weighted by atomic mass is 16.3. The minimum atomic E-state index is -0.410. The van der Waals surface area contributed by atoms with Gasteiger partial charge in [0.2, 0.25) is 5.95 Å². The van der Waals surface area contributed by atoms with Crippen LogP contribution in [-0.4, -0.2) is 31.1 Å². The summed E-state index contributed by atoms with van der Waals surface area (Å²) in [5.41, 5.74) is 2.26. The van der Waals surface area contributed by atoms with Crippen molar-refractivity contribution in [3.8, 4) is 5.75 Å². The number of tetrazole rings is 1. The maximum atomic E-state index is 12.8. The molecule has 7 heteroatoms. The Kier molecular flexibility index (Phi) is 2.81. The first-order chi connectivity index (χ1) is 10.9. The largest absolute Gasteiger partial charge is 0.508 e. The number of fused-ring (bicyclic) bond motifs is 1. The second-order valence-corrected chi connectivity index (χ2v) is 6.90. The fourth-order valence-electron chi connectivity index (χ4n) is 3.47. The van der Waals surface area contributed by atoms with Gasteiger partial charge in [-0.2, -0.15) is 4.68 Å². The zero-order chi connectivity index (χ0) is 16.2. The highest BCUT2D eigenvalue weighted by molar-refractivity contribution is 6.00. The molecule has 0 spiro atoms. The van der Waals surface area contributed by atoms with Crippen molar-refractivity contribution in [1.82, 2.24) is 20.2 Å². The number of carbonyl (C=O) groups excluding carboxylic acids is 1. The topological polar surface area (TPSA) is 92.9 Å². The Hall–Kier alpha value is -2.70. The number of carbonyl (C=O) groups is 1. The Morgan fingerprint density at radius 1 is 1.35 bits per heavy atom. The molecule has 0 unspecified atom stereocenters. The first-order valence-corrected chi connectivity index (χ1v) is 7.55. The molecule has 2 aromatic rings. The molecule has 1 aromatic heterocycles. The third kappa shape index (κ3) is 2.19. The zero-order valence-electron chi connectivity index (χ0n) is 12.9. The van der Waals surface area contributed by atoms with Crippen LogP contribution in [0, 0.1) is 5.41 Å². The first-order valence-electron chi connectivity index (χ1n) is 7.55. The van der Waals surface area contributed by atoms with E-state index in [0.29, 0.717) is 17.9 Å². The molecule has 0 radical (unpaired) electrons. The van der Waals surface area contributed by atoms with Crippen LogP contribution in [0.1, 0.15) is 38.3 Å². The molecular weight excluding hydrogens is 294 g/mol. The summed E-state index contributed by atoms with van der Waals surface area (Å²) in [6, 6.07) is 6.48. The Balaban J connectivity index is 1.91. The van der Waals surface area contributed by atoms with Gasteiger partial charge in [-0.3, -0.25) is 4.79 Å². The number of nitrogens with one attached hydrogen (secondary N) is 1. The number of aromatic nitrogens is 4. The molecule has 2 heterocycles. The number of phenolic OH excluding ortho intramolecular Hbond substituents is 1. The first kappa shape index (κ1) is 13.9. The smallest absolute Gasteiger partial charge is 0.248 e. The molecule has 2 aliphatic rings. The fraction of sp³-hybridized carbons (Fsp3) is 0.375. The molecular formula is C16H17N5O2. The van der Waals surface area contributed by atoms with Crippen LogP contribution >= 0.6 is 0 Å². The van der Waals surface area contributed by atoms with Gasteiger partial charge in [0.25, 0.3) is 0 Å². The lowest BCUT2D eigenvalue weighted by Crippen LogP contribution is -2.36. The van der Waals surface area contributed by atoms with Crippen LogP contribution in [0.2, 0.25) is 0 Å². The number of anilines is 1. The van der Waals surface area contributed by atoms with Crippen molar-refractivity contribution in [2.24, 2.45) is 5.41 Å². The summed E-state index contributed by atoms with van der Waals surface area (Å²) in [6.45, 7) is 4.16. The van der Waals surface area contributed by atoms with Gasteiger partial charge >= 0.3 is 0 Å². The van der Waals surface area contributed by atoms with Crippen LogP contribution in [0.15, 0.2) is 35.5 Å². The van der Waals surface area contributed by atoms with Crippen LogP contribution in [0.3, 0.4) is 0 Å². The Morgan fingerprint density at radius 3 is 2.96 bits per heavy atom. The van der Waals surface area contributed by atoms with E-state index in [1.165, 1.54) is 0 Å². The van der Waals surface area contributed by atoms with Gasteiger partial charge in [-0.05, 0) is 40.0 Å². The number of Topliss-reactive ketones (excluding diaryl/α,β-unsaturated/α-hetero) is 1. The number of allylic oxidation sites excluding steroid dienone is 2. The standard InChI is InChI=1S/C16H17N5O2/c1-16(2)7-11-13(12(23)8-16)14(9-4-3-5-10(22)6-9)21-15(17-11)18-19-20-21/h3-6,14,22H,7-8H2,1-2H3,(H,17,18,20)/t14-/m1/s1. The predicted molar refractivity (Wildman–Crippen MR) is 82.7 cm³/mol. The molecule has 0 saturated carbocycles. The number of ketones is 1. The van der Waals surface area contributed by atoms with E-state index in [1.54, 1.807) is 22.9 Å². The van der Waals surface area contributed by atoms with Crippen molar-refractivity contribution >= 4 is 11.7 Å². The monoisotopic (exact) mass is 311 g/mol. The Labute approximate surface area is 133 Å². The molecule has 4 rings (SSSR count). The van der Waals surface area contributed by atoms with Crippen LogP contribution in [-0.2, 0) is 4.79 Å². The lowest BCUT2D eigenvalue weighted by Gasteiger charge is -2.37. The van der Waals surface area contributed by atoms with Gasteiger partial charge in [-0.1, -0.05) is 31.1 Å². The van der Waals surface area contributed by atoms with E-state index in [0.717, 1.165) is 17.7 Å². The quantitative estimate of drug-likeness (QED) is 0.837. The molecule has 0 amide bonds. The van der Waals surface area contributed by atoms with E-state index >= 15 is 0 Å². The van der Waals surface area contributed by atoms with Gasteiger partial charge in [0.05, 0.1) is 0 Å². The minimum Gasteiger partial charge on any atom is -0.508 e. The van der Waals surface area contributed by atoms with Crippen LogP contribution in [0.25, 0.3) is 0 Å². The Bertz CT molecular complexity index is 837. The van der Waals surface area contributed by atoms with Gasteiger partial charge in [0.1, 0.15) is 11.8 Å². The molecule has 0 fully saturated rings. The summed E-state index contributed by atoms with van der Waals surface area (Å²) in [7, 11) is 0. The second-order valence-electron chi connectivity index (χ2n) is 6.90. The number of nitrogens with zero attached hydrogens (tertiary/aromatic N) is 4. The van der Waals surface area contributed by atoms with Crippen molar-refractivity contribution in [2.45, 2.75) is 32.7 Å². The highest BCUT2D eigenvalue weighted by Crippen LogP contribution is 2.45. The molecule has 1 aromatic carbocycles. The number of aromatic hydroxyl groups is 1. The number of phenols is 1. The molecule has 0 saturated heterocycles. The lowest BCUT2D eigenvalue weighted by molar-refractivity contribution is -0.118. The summed E-state index contributed by atoms with van der Waals surface area (Å²) in [6.07, 6.45) is 1.25. The molecule has 1 aliphatic heterocycles. The van der Waals surface area contributed by atoms with Gasteiger partial charge < -0.3 is 10.4 Å². The Morgan fingerprint density at radius 2 is 2.17 bits per heavy atom. The summed E-state index contributed by atoms with van der Waals surface area (Å²) < 4.78 is 1.60. The van der Waals surface area contributed by atoms with Gasteiger partial charge in [-0.15, -0.1) is 0 Å².